The molecule has 6 heteroatoms. The van der Waals surface area contributed by atoms with Gasteiger partial charge in [-0.1, -0.05) is 0 Å². The number of pyridine rings is 1. The summed E-state index contributed by atoms with van der Waals surface area (Å²) in [6.45, 7) is 0. The van der Waals surface area contributed by atoms with Gasteiger partial charge in [-0.25, -0.2) is 8.42 Å². The molecule has 0 amide bonds. The number of nitrogen functional groups attached to an aromatic ring is 1. The van der Waals surface area contributed by atoms with Crippen LogP contribution in [0, 0.1) is 0 Å². The predicted molar refractivity (Wildman–Crippen MR) is 77.4 cm³/mol. The van der Waals surface area contributed by atoms with Gasteiger partial charge in [-0.05, 0) is 36.2 Å². The summed E-state index contributed by atoms with van der Waals surface area (Å²) >= 11 is 0. The number of methoxy groups -OCH3 is 1. The molecular weight excluding hydrogens is 276 g/mol. The van der Waals surface area contributed by atoms with Crippen LogP contribution in [0.1, 0.15) is 5.56 Å². The monoisotopic (exact) mass is 292 g/mol. The summed E-state index contributed by atoms with van der Waals surface area (Å²) in [6.07, 6.45) is 3.70. The van der Waals surface area contributed by atoms with Crippen LogP contribution in [0.15, 0.2) is 47.6 Å². The number of aryl methyl sites for hydroxylation is 1. The fourth-order valence-corrected chi connectivity index (χ4v) is 3.27. The van der Waals surface area contributed by atoms with Crippen molar-refractivity contribution >= 4 is 15.5 Å². The second kappa shape index (κ2) is 5.92. The van der Waals surface area contributed by atoms with Gasteiger partial charge in [0.25, 0.3) is 0 Å². The molecule has 1 heterocycles. The number of ether oxygens (including phenoxy) is 1. The lowest BCUT2D eigenvalue weighted by Gasteiger charge is -2.09. The Bertz CT molecular complexity index is 685. The van der Waals surface area contributed by atoms with Crippen molar-refractivity contribution in [2.75, 3.05) is 18.6 Å². The highest BCUT2D eigenvalue weighted by Crippen LogP contribution is 2.25. The minimum absolute atomic E-state index is 0.00557. The highest BCUT2D eigenvalue weighted by atomic mass is 32.2. The molecule has 20 heavy (non-hydrogen) atoms. The minimum Gasteiger partial charge on any atom is -0.497 e. The molecule has 0 aliphatic carbocycles. The lowest BCUT2D eigenvalue weighted by molar-refractivity contribution is 0.413. The Labute approximate surface area is 118 Å². The van der Waals surface area contributed by atoms with Crippen molar-refractivity contribution in [3.63, 3.8) is 0 Å². The van der Waals surface area contributed by atoms with Gasteiger partial charge in [-0.15, -0.1) is 0 Å². The zero-order valence-corrected chi connectivity index (χ0v) is 11.9. The molecule has 0 spiro atoms. The molecule has 1 aromatic carbocycles. The fraction of sp³-hybridized carbons (Fsp3) is 0.214. The Kier molecular flexibility index (Phi) is 4.24. The van der Waals surface area contributed by atoms with Crippen LogP contribution >= 0.6 is 0 Å². The third kappa shape index (κ3) is 3.27. The van der Waals surface area contributed by atoms with Crippen molar-refractivity contribution < 1.29 is 13.2 Å². The molecule has 0 aliphatic heterocycles. The van der Waals surface area contributed by atoms with Crippen LogP contribution in [0.2, 0.25) is 0 Å². The zero-order valence-electron chi connectivity index (χ0n) is 11.1. The molecule has 2 rings (SSSR count). The van der Waals surface area contributed by atoms with E-state index in [2.05, 4.69) is 4.98 Å². The maximum Gasteiger partial charge on any atom is 0.180 e. The number of nitrogens with two attached hydrogens (primary N) is 1. The van der Waals surface area contributed by atoms with Crippen LogP contribution in [0.4, 0.5) is 5.69 Å². The minimum atomic E-state index is -3.45. The first-order valence-corrected chi connectivity index (χ1v) is 7.73. The van der Waals surface area contributed by atoms with Crippen LogP contribution < -0.4 is 10.5 Å². The molecule has 0 bridgehead atoms. The van der Waals surface area contributed by atoms with Gasteiger partial charge in [0.15, 0.2) is 9.84 Å². The molecule has 0 radical (unpaired) electrons. The Balaban J connectivity index is 2.22. The second-order valence-electron chi connectivity index (χ2n) is 4.33. The first kappa shape index (κ1) is 14.3. The lowest BCUT2D eigenvalue weighted by Crippen LogP contribution is -2.11. The molecule has 106 valence electrons. The van der Waals surface area contributed by atoms with E-state index in [0.29, 0.717) is 12.2 Å². The number of hydrogen-bond donors (Lipinski definition) is 1. The quantitative estimate of drug-likeness (QED) is 0.848. The normalized spacial score (nSPS) is 11.2. The summed E-state index contributed by atoms with van der Waals surface area (Å²) in [4.78, 5) is 4.02. The van der Waals surface area contributed by atoms with Gasteiger partial charge in [-0.2, -0.15) is 0 Å². The molecule has 0 atom stereocenters. The Morgan fingerprint density at radius 2 is 1.90 bits per heavy atom. The summed E-state index contributed by atoms with van der Waals surface area (Å²) in [7, 11) is -1.96. The average Bonchev–Trinajstić information content (AvgIpc) is 2.47. The number of aromatic nitrogens is 1. The summed E-state index contributed by atoms with van der Waals surface area (Å²) in [5.74, 6) is 0.468. The van der Waals surface area contributed by atoms with Gasteiger partial charge < -0.3 is 10.5 Å². The topological polar surface area (TPSA) is 82.3 Å². The van der Waals surface area contributed by atoms with E-state index < -0.39 is 9.84 Å². The van der Waals surface area contributed by atoms with E-state index in [4.69, 9.17) is 10.5 Å². The smallest absolute Gasteiger partial charge is 0.180 e. The van der Waals surface area contributed by atoms with Crippen LogP contribution in [0.3, 0.4) is 0 Å². The Hall–Kier alpha value is -2.08. The Morgan fingerprint density at radius 3 is 2.55 bits per heavy atom. The number of hydrogen-bond acceptors (Lipinski definition) is 5. The van der Waals surface area contributed by atoms with Crippen molar-refractivity contribution in [1.82, 2.24) is 4.98 Å². The number of sulfone groups is 1. The molecule has 0 unspecified atom stereocenters. The van der Waals surface area contributed by atoms with Gasteiger partial charge in [-0.3, -0.25) is 4.98 Å². The van der Waals surface area contributed by atoms with Gasteiger partial charge in [0, 0.05) is 18.5 Å². The standard InChI is InChI=1S/C14H16N2O3S/c1-19-12-2-3-13(15)14(10-12)20(17,18)9-6-11-4-7-16-8-5-11/h2-5,7-8,10H,6,9,15H2,1H3. The molecule has 2 aromatic rings. The van der Waals surface area contributed by atoms with E-state index in [1.807, 2.05) is 0 Å². The Morgan fingerprint density at radius 1 is 1.20 bits per heavy atom. The SMILES string of the molecule is COc1ccc(N)c(S(=O)(=O)CCc2ccncc2)c1. The summed E-state index contributed by atoms with van der Waals surface area (Å²) in [5.41, 5.74) is 6.91. The highest BCUT2D eigenvalue weighted by Gasteiger charge is 2.18. The molecule has 1 aromatic heterocycles. The van der Waals surface area contributed by atoms with Crippen LogP contribution in [0.5, 0.6) is 5.75 Å². The third-order valence-electron chi connectivity index (χ3n) is 2.96. The molecular formula is C14H16N2O3S. The van der Waals surface area contributed by atoms with Gasteiger partial charge in [0.2, 0.25) is 0 Å². The number of benzene rings is 1. The van der Waals surface area contributed by atoms with Crippen molar-refractivity contribution in [3.05, 3.63) is 48.3 Å². The maximum atomic E-state index is 12.3. The van der Waals surface area contributed by atoms with Crippen molar-refractivity contribution in [3.8, 4) is 5.75 Å². The van der Waals surface area contributed by atoms with E-state index in [1.54, 1.807) is 30.6 Å². The molecule has 5 nitrogen and oxygen atoms in total. The molecule has 0 aliphatic rings. The average molecular weight is 292 g/mol. The van der Waals surface area contributed by atoms with E-state index in [1.165, 1.54) is 19.2 Å². The van der Waals surface area contributed by atoms with Crippen LogP contribution in [-0.4, -0.2) is 26.3 Å². The number of rotatable bonds is 5. The number of nitrogens with zero attached hydrogens (tertiary/aromatic N) is 1. The van der Waals surface area contributed by atoms with E-state index in [-0.39, 0.29) is 16.3 Å². The van der Waals surface area contributed by atoms with Crippen molar-refractivity contribution in [2.45, 2.75) is 11.3 Å². The summed E-state index contributed by atoms with van der Waals surface area (Å²) in [5, 5.41) is 0. The van der Waals surface area contributed by atoms with Crippen LogP contribution in [-0.2, 0) is 16.3 Å². The highest BCUT2D eigenvalue weighted by molar-refractivity contribution is 7.91. The maximum absolute atomic E-state index is 12.3. The molecule has 0 saturated carbocycles. The van der Waals surface area contributed by atoms with Crippen molar-refractivity contribution in [1.29, 1.82) is 0 Å². The predicted octanol–water partition coefficient (Wildman–Crippen LogP) is 1.69. The largest absolute Gasteiger partial charge is 0.497 e. The van der Waals surface area contributed by atoms with E-state index in [9.17, 15) is 8.42 Å². The van der Waals surface area contributed by atoms with E-state index >= 15 is 0 Å². The lowest BCUT2D eigenvalue weighted by atomic mass is 10.2. The summed E-state index contributed by atoms with van der Waals surface area (Å²) in [6, 6.07) is 8.22. The molecule has 0 saturated heterocycles. The first-order valence-electron chi connectivity index (χ1n) is 6.08. The van der Waals surface area contributed by atoms with Crippen LogP contribution in [0.25, 0.3) is 0 Å². The molecule has 2 N–H and O–H groups in total. The molecule has 0 fully saturated rings. The first-order chi connectivity index (χ1) is 9.53. The van der Waals surface area contributed by atoms with Gasteiger partial charge >= 0.3 is 0 Å². The van der Waals surface area contributed by atoms with Gasteiger partial charge in [0.1, 0.15) is 5.75 Å². The fourth-order valence-electron chi connectivity index (χ4n) is 1.82. The third-order valence-corrected chi connectivity index (χ3v) is 4.73. The number of anilines is 1. The van der Waals surface area contributed by atoms with E-state index in [0.717, 1.165) is 5.56 Å². The second-order valence-corrected chi connectivity index (χ2v) is 6.41. The summed E-state index contributed by atoms with van der Waals surface area (Å²) < 4.78 is 29.7. The zero-order chi connectivity index (χ0) is 14.6. The van der Waals surface area contributed by atoms with Gasteiger partial charge in [0.05, 0.1) is 23.4 Å². The van der Waals surface area contributed by atoms with Crippen molar-refractivity contribution in [2.24, 2.45) is 0 Å².